The van der Waals surface area contributed by atoms with Gasteiger partial charge in [0.05, 0.1) is 12.3 Å². The molecule has 206 valence electrons. The van der Waals surface area contributed by atoms with Gasteiger partial charge in [-0.15, -0.1) is 0 Å². The van der Waals surface area contributed by atoms with Gasteiger partial charge in [-0.1, -0.05) is 12.1 Å². The van der Waals surface area contributed by atoms with E-state index in [1.54, 1.807) is 22.1 Å². The standard InChI is InChI=1S/C26H38N8O4/c1-18-15-32(23(36)26(2,28)17-35)13-14-33(18)24(37)29-22-9-12-34(25(38)30-22)21-5-3-19(4-6-21)16-31-10-7-20(27)8-11-31/h3-6,9,12,18,20,35H,7-8,10-11,13-17,27-28H2,1-2H3,(H,29,30,37,38). The molecule has 38 heavy (non-hydrogen) atoms. The fourth-order valence-corrected chi connectivity index (χ4v) is 4.85. The molecule has 0 bridgehead atoms. The average Bonchev–Trinajstić information content (AvgIpc) is 2.90. The molecule has 0 spiro atoms. The lowest BCUT2D eigenvalue weighted by Gasteiger charge is -2.41. The molecule has 4 rings (SSSR count). The third kappa shape index (κ3) is 6.38. The number of aliphatic hydroxyl groups excluding tert-OH is 1. The number of likely N-dealkylation sites (tertiary alicyclic amines) is 1. The second-order valence-corrected chi connectivity index (χ2v) is 10.5. The number of nitrogens with zero attached hydrogens (tertiary/aromatic N) is 5. The van der Waals surface area contributed by atoms with E-state index in [0.717, 1.165) is 38.0 Å². The van der Waals surface area contributed by atoms with Gasteiger partial charge in [-0.05, 0) is 63.5 Å². The van der Waals surface area contributed by atoms with E-state index in [-0.39, 0.29) is 30.9 Å². The highest BCUT2D eigenvalue weighted by molar-refractivity contribution is 5.89. The number of urea groups is 1. The van der Waals surface area contributed by atoms with Crippen LogP contribution in [0.15, 0.2) is 41.3 Å². The third-order valence-electron chi connectivity index (χ3n) is 7.28. The summed E-state index contributed by atoms with van der Waals surface area (Å²) in [6, 6.07) is 8.96. The molecule has 2 aromatic rings. The molecule has 6 N–H and O–H groups in total. The van der Waals surface area contributed by atoms with Crippen LogP contribution in [0, 0.1) is 0 Å². The normalized spacial score (nSPS) is 20.7. The van der Waals surface area contributed by atoms with Gasteiger partial charge in [0.2, 0.25) is 5.91 Å². The van der Waals surface area contributed by atoms with Crippen LogP contribution in [-0.2, 0) is 11.3 Å². The van der Waals surface area contributed by atoms with Gasteiger partial charge in [-0.3, -0.25) is 19.6 Å². The fraction of sp³-hybridized carbons (Fsp3) is 0.538. The second kappa shape index (κ2) is 11.6. The first kappa shape index (κ1) is 27.7. The number of rotatable bonds is 6. The minimum atomic E-state index is -1.36. The molecule has 12 heteroatoms. The van der Waals surface area contributed by atoms with E-state index in [1.165, 1.54) is 11.5 Å². The molecule has 2 saturated heterocycles. The average molecular weight is 527 g/mol. The molecule has 0 radical (unpaired) electrons. The lowest BCUT2D eigenvalue weighted by atomic mass is 10.0. The number of anilines is 1. The van der Waals surface area contributed by atoms with Crippen LogP contribution in [0.5, 0.6) is 0 Å². The molecule has 2 atom stereocenters. The van der Waals surface area contributed by atoms with Crippen LogP contribution >= 0.6 is 0 Å². The first-order valence-electron chi connectivity index (χ1n) is 13.0. The number of carbonyl (C=O) groups is 2. The van der Waals surface area contributed by atoms with Gasteiger partial charge in [0.15, 0.2) is 0 Å². The number of hydrogen-bond donors (Lipinski definition) is 4. The largest absolute Gasteiger partial charge is 0.394 e. The van der Waals surface area contributed by atoms with Crippen LogP contribution in [-0.4, -0.2) is 98.2 Å². The SMILES string of the molecule is CC1CN(C(=O)C(C)(N)CO)CCN1C(=O)Nc1ccn(-c2ccc(CN3CCC(N)CC3)cc2)c(=O)n1. The summed E-state index contributed by atoms with van der Waals surface area (Å²) in [5.41, 5.74) is 11.8. The van der Waals surface area contributed by atoms with Crippen LogP contribution in [0.4, 0.5) is 10.6 Å². The van der Waals surface area contributed by atoms with Gasteiger partial charge >= 0.3 is 11.7 Å². The summed E-state index contributed by atoms with van der Waals surface area (Å²) in [4.78, 5) is 47.7. The summed E-state index contributed by atoms with van der Waals surface area (Å²) in [6.07, 6.45) is 3.60. The van der Waals surface area contributed by atoms with Crippen molar-refractivity contribution in [3.63, 3.8) is 0 Å². The summed E-state index contributed by atoms with van der Waals surface area (Å²) in [5, 5.41) is 12.1. The number of nitrogens with one attached hydrogen (secondary N) is 1. The van der Waals surface area contributed by atoms with E-state index in [0.29, 0.717) is 18.3 Å². The topological polar surface area (TPSA) is 163 Å². The number of piperidine rings is 1. The maximum Gasteiger partial charge on any atom is 0.354 e. The predicted octanol–water partition coefficient (Wildman–Crippen LogP) is -0.0701. The maximum absolute atomic E-state index is 12.9. The van der Waals surface area contributed by atoms with Crippen molar-refractivity contribution in [1.82, 2.24) is 24.3 Å². The Bertz CT molecular complexity index is 1190. The van der Waals surface area contributed by atoms with Crippen molar-refractivity contribution in [1.29, 1.82) is 0 Å². The summed E-state index contributed by atoms with van der Waals surface area (Å²) in [5.74, 6) is -0.210. The Morgan fingerprint density at radius 1 is 1.13 bits per heavy atom. The van der Waals surface area contributed by atoms with E-state index >= 15 is 0 Å². The molecule has 1 aromatic heterocycles. The summed E-state index contributed by atoms with van der Waals surface area (Å²) in [7, 11) is 0. The zero-order valence-corrected chi connectivity index (χ0v) is 22.0. The first-order chi connectivity index (χ1) is 18.1. The van der Waals surface area contributed by atoms with Crippen LogP contribution in [0.2, 0.25) is 0 Å². The van der Waals surface area contributed by atoms with Gasteiger partial charge in [0, 0.05) is 44.5 Å². The number of aliphatic hydroxyl groups is 1. The Morgan fingerprint density at radius 2 is 1.82 bits per heavy atom. The maximum atomic E-state index is 12.9. The number of nitrogens with two attached hydrogens (primary N) is 2. The first-order valence-corrected chi connectivity index (χ1v) is 13.0. The number of amides is 3. The molecule has 3 heterocycles. The molecule has 2 unspecified atom stereocenters. The number of aromatic nitrogens is 2. The van der Waals surface area contributed by atoms with Crippen molar-refractivity contribution in [2.45, 2.75) is 50.9 Å². The van der Waals surface area contributed by atoms with Crippen molar-refractivity contribution in [2.24, 2.45) is 11.5 Å². The molecule has 2 aliphatic rings. The van der Waals surface area contributed by atoms with Crippen molar-refractivity contribution < 1.29 is 14.7 Å². The third-order valence-corrected chi connectivity index (χ3v) is 7.28. The smallest absolute Gasteiger partial charge is 0.354 e. The monoisotopic (exact) mass is 526 g/mol. The van der Waals surface area contributed by atoms with Gasteiger partial charge in [0.1, 0.15) is 11.4 Å². The molecule has 0 aliphatic carbocycles. The fourth-order valence-electron chi connectivity index (χ4n) is 4.85. The van der Waals surface area contributed by atoms with E-state index in [9.17, 15) is 19.5 Å². The Hall–Kier alpha value is -3.32. The van der Waals surface area contributed by atoms with Gasteiger partial charge in [0.25, 0.3) is 0 Å². The van der Waals surface area contributed by atoms with Gasteiger partial charge < -0.3 is 26.4 Å². The Kier molecular flexibility index (Phi) is 8.46. The Balaban J connectivity index is 1.34. The number of piperazine rings is 1. The summed E-state index contributed by atoms with van der Waals surface area (Å²) < 4.78 is 1.43. The lowest BCUT2D eigenvalue weighted by Crippen LogP contribution is -2.62. The molecule has 2 fully saturated rings. The van der Waals surface area contributed by atoms with Crippen molar-refractivity contribution >= 4 is 17.8 Å². The number of carbonyl (C=O) groups excluding carboxylic acids is 2. The Labute approximate surface area is 222 Å². The highest BCUT2D eigenvalue weighted by Crippen LogP contribution is 2.17. The highest BCUT2D eigenvalue weighted by Gasteiger charge is 2.37. The molecule has 3 amide bonds. The Morgan fingerprint density at radius 3 is 2.42 bits per heavy atom. The van der Waals surface area contributed by atoms with Crippen molar-refractivity contribution in [3.8, 4) is 5.69 Å². The van der Waals surface area contributed by atoms with Crippen molar-refractivity contribution in [2.75, 3.05) is 44.6 Å². The van der Waals surface area contributed by atoms with E-state index < -0.39 is 23.9 Å². The molecule has 12 nitrogen and oxygen atoms in total. The van der Waals surface area contributed by atoms with E-state index in [2.05, 4.69) is 15.2 Å². The van der Waals surface area contributed by atoms with E-state index in [1.807, 2.05) is 31.2 Å². The second-order valence-electron chi connectivity index (χ2n) is 10.5. The predicted molar refractivity (Wildman–Crippen MR) is 144 cm³/mol. The number of hydrogen-bond acceptors (Lipinski definition) is 8. The lowest BCUT2D eigenvalue weighted by molar-refractivity contribution is -0.140. The zero-order chi connectivity index (χ0) is 27.4. The highest BCUT2D eigenvalue weighted by atomic mass is 16.3. The van der Waals surface area contributed by atoms with Crippen molar-refractivity contribution in [3.05, 3.63) is 52.6 Å². The zero-order valence-electron chi connectivity index (χ0n) is 22.0. The molecular formula is C26H38N8O4. The quantitative estimate of drug-likeness (QED) is 0.406. The van der Waals surface area contributed by atoms with E-state index in [4.69, 9.17) is 11.5 Å². The summed E-state index contributed by atoms with van der Waals surface area (Å²) >= 11 is 0. The van der Waals surface area contributed by atoms with Crippen LogP contribution in [0.25, 0.3) is 5.69 Å². The molecule has 2 aliphatic heterocycles. The minimum Gasteiger partial charge on any atom is -0.394 e. The number of benzene rings is 1. The van der Waals surface area contributed by atoms with Crippen LogP contribution in [0.3, 0.4) is 0 Å². The van der Waals surface area contributed by atoms with Gasteiger partial charge in [-0.25, -0.2) is 9.59 Å². The van der Waals surface area contributed by atoms with Gasteiger partial charge in [-0.2, -0.15) is 4.98 Å². The molecule has 1 aromatic carbocycles. The van der Waals surface area contributed by atoms with Crippen LogP contribution in [0.1, 0.15) is 32.3 Å². The van der Waals surface area contributed by atoms with Crippen LogP contribution < -0.4 is 22.5 Å². The molecule has 0 saturated carbocycles. The minimum absolute atomic E-state index is 0.150. The molecular weight excluding hydrogens is 488 g/mol. The summed E-state index contributed by atoms with van der Waals surface area (Å²) in [6.45, 7) is 6.53.